The summed E-state index contributed by atoms with van der Waals surface area (Å²) in [5.74, 6) is 0. The van der Waals surface area contributed by atoms with Crippen molar-refractivity contribution in [1.29, 1.82) is 0 Å². The van der Waals surface area contributed by atoms with E-state index >= 15 is 0 Å². The Hall–Kier alpha value is -0.730. The van der Waals surface area contributed by atoms with Gasteiger partial charge in [-0.3, -0.25) is 0 Å². The van der Waals surface area contributed by atoms with Gasteiger partial charge in [-0.25, -0.2) is 4.99 Å². The van der Waals surface area contributed by atoms with E-state index in [0.29, 0.717) is 18.7 Å². The van der Waals surface area contributed by atoms with Crippen molar-refractivity contribution < 1.29 is 4.74 Å². The Labute approximate surface area is 80.4 Å². The number of unbranched alkanes of at least 4 members (excludes halogenated alkanes) is 4. The Balaban J connectivity index is 1.94. The molecule has 0 aromatic carbocycles. The first-order valence-corrected chi connectivity index (χ1v) is 5.29. The normalized spacial score (nSPS) is 21.3. The number of nitrogens with two attached hydrogens (primary N) is 1. The number of hydrogen-bond acceptors (Lipinski definition) is 3. The predicted octanol–water partition coefficient (Wildman–Crippen LogP) is 2.06. The molecule has 0 radical (unpaired) electrons. The van der Waals surface area contributed by atoms with Crippen LogP contribution in [0.25, 0.3) is 0 Å². The zero-order valence-corrected chi connectivity index (χ0v) is 8.46. The van der Waals surface area contributed by atoms with Gasteiger partial charge >= 0.3 is 0 Å². The zero-order chi connectivity index (χ0) is 9.52. The second-order valence-electron chi connectivity index (χ2n) is 3.64. The maximum absolute atomic E-state index is 5.40. The van der Waals surface area contributed by atoms with Crippen molar-refractivity contribution in [3.8, 4) is 0 Å². The molecule has 0 saturated heterocycles. The topological polar surface area (TPSA) is 47.6 Å². The lowest BCUT2D eigenvalue weighted by Gasteiger charge is -2.03. The van der Waals surface area contributed by atoms with Gasteiger partial charge in [0.05, 0.1) is 6.04 Å². The predicted molar refractivity (Wildman–Crippen MR) is 54.7 cm³/mol. The van der Waals surface area contributed by atoms with Crippen molar-refractivity contribution in [3.05, 3.63) is 0 Å². The molecule has 1 rings (SSSR count). The second kappa shape index (κ2) is 5.84. The summed E-state index contributed by atoms with van der Waals surface area (Å²) in [5, 5.41) is 0. The molecule has 0 aliphatic carbocycles. The number of rotatable bonds is 6. The molecular formula is C10H20N2O. The van der Waals surface area contributed by atoms with Crippen molar-refractivity contribution in [1.82, 2.24) is 0 Å². The van der Waals surface area contributed by atoms with E-state index < -0.39 is 0 Å². The fourth-order valence-electron chi connectivity index (χ4n) is 1.57. The minimum absolute atomic E-state index is 0.335. The molecule has 1 heterocycles. The largest absolute Gasteiger partial charge is 0.463 e. The van der Waals surface area contributed by atoms with Crippen LogP contribution in [0.1, 0.15) is 45.4 Å². The van der Waals surface area contributed by atoms with Crippen LogP contribution in [0.3, 0.4) is 0 Å². The average molecular weight is 184 g/mol. The third kappa shape index (κ3) is 4.15. The quantitative estimate of drug-likeness (QED) is 0.642. The molecule has 0 aromatic rings. The van der Waals surface area contributed by atoms with E-state index in [2.05, 4.69) is 11.9 Å². The van der Waals surface area contributed by atoms with Gasteiger partial charge in [0.2, 0.25) is 0 Å². The average Bonchev–Trinajstić information content (AvgIpc) is 2.51. The van der Waals surface area contributed by atoms with Crippen molar-refractivity contribution in [2.75, 3.05) is 6.61 Å². The van der Waals surface area contributed by atoms with Crippen molar-refractivity contribution in [2.24, 2.45) is 10.7 Å². The SMILES string of the molecule is CCCCCCCC1COC(N)=N1. The van der Waals surface area contributed by atoms with Crippen LogP contribution >= 0.6 is 0 Å². The first kappa shape index (κ1) is 10.4. The van der Waals surface area contributed by atoms with Crippen LogP contribution in [-0.2, 0) is 4.74 Å². The Morgan fingerprint density at radius 3 is 2.77 bits per heavy atom. The lowest BCUT2D eigenvalue weighted by atomic mass is 10.1. The van der Waals surface area contributed by atoms with E-state index in [4.69, 9.17) is 10.5 Å². The monoisotopic (exact) mass is 184 g/mol. The molecule has 3 nitrogen and oxygen atoms in total. The summed E-state index contributed by atoms with van der Waals surface area (Å²) >= 11 is 0. The number of nitrogens with zero attached hydrogens (tertiary/aromatic N) is 1. The molecule has 0 saturated carbocycles. The molecule has 0 bridgehead atoms. The van der Waals surface area contributed by atoms with Crippen LogP contribution in [0, 0.1) is 0 Å². The van der Waals surface area contributed by atoms with E-state index in [1.165, 1.54) is 32.1 Å². The highest BCUT2D eigenvalue weighted by Crippen LogP contribution is 2.12. The third-order valence-electron chi connectivity index (χ3n) is 2.37. The number of amidine groups is 1. The van der Waals surface area contributed by atoms with Crippen molar-refractivity contribution >= 4 is 6.02 Å². The van der Waals surface area contributed by atoms with Crippen LogP contribution < -0.4 is 5.73 Å². The van der Waals surface area contributed by atoms with Gasteiger partial charge in [0.1, 0.15) is 6.61 Å². The van der Waals surface area contributed by atoms with E-state index in [9.17, 15) is 0 Å². The van der Waals surface area contributed by atoms with Crippen molar-refractivity contribution in [3.63, 3.8) is 0 Å². The Morgan fingerprint density at radius 2 is 2.15 bits per heavy atom. The number of hydrogen-bond donors (Lipinski definition) is 1. The van der Waals surface area contributed by atoms with Crippen LogP contribution in [0.5, 0.6) is 0 Å². The molecule has 1 atom stereocenters. The highest BCUT2D eigenvalue weighted by molar-refractivity contribution is 5.72. The molecule has 0 fully saturated rings. The molecule has 1 aliphatic rings. The highest BCUT2D eigenvalue weighted by atomic mass is 16.5. The zero-order valence-electron chi connectivity index (χ0n) is 8.46. The minimum atomic E-state index is 0.335. The lowest BCUT2D eigenvalue weighted by Crippen LogP contribution is -2.10. The molecule has 0 amide bonds. The maximum atomic E-state index is 5.40. The summed E-state index contributed by atoms with van der Waals surface area (Å²) in [7, 11) is 0. The highest BCUT2D eigenvalue weighted by Gasteiger charge is 2.15. The van der Waals surface area contributed by atoms with E-state index in [0.717, 1.165) is 6.42 Å². The third-order valence-corrected chi connectivity index (χ3v) is 2.37. The van der Waals surface area contributed by atoms with Crippen LogP contribution in [-0.4, -0.2) is 18.7 Å². The fraction of sp³-hybridized carbons (Fsp3) is 0.900. The van der Waals surface area contributed by atoms with E-state index in [1.807, 2.05) is 0 Å². The smallest absolute Gasteiger partial charge is 0.282 e. The maximum Gasteiger partial charge on any atom is 0.282 e. The summed E-state index contributed by atoms with van der Waals surface area (Å²) < 4.78 is 5.07. The number of aliphatic imine (C=N–C) groups is 1. The van der Waals surface area contributed by atoms with E-state index in [-0.39, 0.29) is 0 Å². The Bertz CT molecular complexity index is 168. The first-order chi connectivity index (χ1) is 6.33. The number of ether oxygens (including phenoxy) is 1. The molecule has 0 aromatic heterocycles. The van der Waals surface area contributed by atoms with Gasteiger partial charge in [0.15, 0.2) is 0 Å². The summed E-state index contributed by atoms with van der Waals surface area (Å²) in [6, 6.07) is 0.709. The van der Waals surface area contributed by atoms with Crippen LogP contribution in [0.15, 0.2) is 4.99 Å². The van der Waals surface area contributed by atoms with Gasteiger partial charge in [0, 0.05) is 0 Å². The summed E-state index contributed by atoms with van der Waals surface area (Å²) in [5.41, 5.74) is 5.40. The van der Waals surface area contributed by atoms with Crippen LogP contribution in [0.2, 0.25) is 0 Å². The summed E-state index contributed by atoms with van der Waals surface area (Å²) in [6.45, 7) is 2.93. The van der Waals surface area contributed by atoms with Gasteiger partial charge in [-0.05, 0) is 6.42 Å². The molecule has 0 spiro atoms. The Morgan fingerprint density at radius 1 is 1.38 bits per heavy atom. The molecule has 3 heteroatoms. The molecule has 1 unspecified atom stereocenters. The molecule has 13 heavy (non-hydrogen) atoms. The first-order valence-electron chi connectivity index (χ1n) is 5.29. The van der Waals surface area contributed by atoms with Gasteiger partial charge in [-0.2, -0.15) is 0 Å². The van der Waals surface area contributed by atoms with E-state index in [1.54, 1.807) is 0 Å². The van der Waals surface area contributed by atoms with Gasteiger partial charge < -0.3 is 10.5 Å². The molecule has 1 aliphatic heterocycles. The summed E-state index contributed by atoms with van der Waals surface area (Å²) in [4.78, 5) is 4.18. The summed E-state index contributed by atoms with van der Waals surface area (Å²) in [6.07, 6.45) is 7.71. The van der Waals surface area contributed by atoms with Crippen LogP contribution in [0.4, 0.5) is 0 Å². The lowest BCUT2D eigenvalue weighted by molar-refractivity contribution is 0.305. The van der Waals surface area contributed by atoms with Gasteiger partial charge in [-0.1, -0.05) is 39.0 Å². The standard InChI is InChI=1S/C10H20N2O/c1-2-3-4-5-6-7-9-8-13-10(11)12-9/h9H,2-8H2,1H3,(H2,11,12). The molecule has 76 valence electrons. The van der Waals surface area contributed by atoms with Crippen molar-refractivity contribution in [2.45, 2.75) is 51.5 Å². The van der Waals surface area contributed by atoms with Gasteiger partial charge in [-0.15, -0.1) is 0 Å². The Kier molecular flexibility index (Phi) is 4.65. The van der Waals surface area contributed by atoms with Gasteiger partial charge in [0.25, 0.3) is 6.02 Å². The second-order valence-corrected chi connectivity index (χ2v) is 3.64. The fourth-order valence-corrected chi connectivity index (χ4v) is 1.57. The minimum Gasteiger partial charge on any atom is -0.463 e. The molecular weight excluding hydrogens is 164 g/mol. The molecule has 2 N–H and O–H groups in total.